The number of nitrogens with one attached hydrogen (secondary N) is 3. The Hall–Kier alpha value is -1.81. The van der Waals surface area contributed by atoms with E-state index in [-0.39, 0.29) is 17.8 Å². The van der Waals surface area contributed by atoms with Gasteiger partial charge in [0.05, 0.1) is 6.04 Å². The van der Waals surface area contributed by atoms with Crippen LogP contribution in [0.2, 0.25) is 0 Å². The number of carbonyl (C=O) groups is 4. The van der Waals surface area contributed by atoms with Crippen molar-refractivity contribution in [2.45, 2.75) is 85.0 Å². The highest BCUT2D eigenvalue weighted by Gasteiger charge is 2.32. The Morgan fingerprint density at radius 2 is 1.44 bits per heavy atom. The number of hydrogen-bond donors (Lipinski definition) is 5. The Balaban J connectivity index is 5.51. The molecule has 6 N–H and O–H groups in total. The maximum atomic E-state index is 13.0. The van der Waals surface area contributed by atoms with E-state index in [0.717, 1.165) is 0 Å². The van der Waals surface area contributed by atoms with Gasteiger partial charge < -0.3 is 26.8 Å². The Bertz CT molecular complexity index is 629. The van der Waals surface area contributed by atoms with Crippen molar-refractivity contribution in [3.05, 3.63) is 0 Å². The molecule has 5 unspecified atom stereocenters. The van der Waals surface area contributed by atoms with E-state index < -0.39 is 47.9 Å². The van der Waals surface area contributed by atoms with E-state index in [0.29, 0.717) is 25.0 Å². The molecule has 0 aliphatic rings. The Kier molecular flexibility index (Phi) is 14.2. The third kappa shape index (κ3) is 10.7. The fourth-order valence-corrected chi connectivity index (χ4v) is 3.46. The average Bonchev–Trinajstić information content (AvgIpc) is 2.71. The highest BCUT2D eigenvalue weighted by atomic mass is 32.2. The number of nitrogens with two attached hydrogens (primary N) is 1. The van der Waals surface area contributed by atoms with Crippen LogP contribution < -0.4 is 21.7 Å². The molecule has 186 valence electrons. The summed E-state index contributed by atoms with van der Waals surface area (Å²) in [5.74, 6) is -2.22. The summed E-state index contributed by atoms with van der Waals surface area (Å²) in [6, 6.07) is -3.55. The lowest BCUT2D eigenvalue weighted by Crippen LogP contribution is -2.58. The summed E-state index contributed by atoms with van der Waals surface area (Å²) in [5.41, 5.74) is 5.91. The summed E-state index contributed by atoms with van der Waals surface area (Å²) in [7, 11) is 0. The van der Waals surface area contributed by atoms with Gasteiger partial charge in [-0.2, -0.15) is 11.8 Å². The van der Waals surface area contributed by atoms with E-state index in [1.54, 1.807) is 6.92 Å². The van der Waals surface area contributed by atoms with Gasteiger partial charge in [-0.05, 0) is 42.6 Å². The van der Waals surface area contributed by atoms with Gasteiger partial charge in [-0.15, -0.1) is 0 Å². The third-order valence-electron chi connectivity index (χ3n) is 5.38. The van der Waals surface area contributed by atoms with Crippen molar-refractivity contribution in [2.24, 2.45) is 23.5 Å². The van der Waals surface area contributed by atoms with Crippen LogP contribution in [0.15, 0.2) is 0 Å². The Labute approximate surface area is 196 Å². The van der Waals surface area contributed by atoms with Crippen molar-refractivity contribution in [2.75, 3.05) is 12.0 Å². The third-order valence-corrected chi connectivity index (χ3v) is 6.03. The quantitative estimate of drug-likeness (QED) is 0.240. The minimum Gasteiger partial charge on any atom is -0.480 e. The van der Waals surface area contributed by atoms with Crippen LogP contribution >= 0.6 is 11.8 Å². The zero-order valence-corrected chi connectivity index (χ0v) is 21.3. The van der Waals surface area contributed by atoms with E-state index in [9.17, 15) is 24.3 Å². The van der Waals surface area contributed by atoms with Crippen LogP contribution in [-0.2, 0) is 19.2 Å². The molecule has 0 radical (unpaired) electrons. The number of carboxylic acid groups (broad SMARTS) is 1. The van der Waals surface area contributed by atoms with Crippen LogP contribution in [0.4, 0.5) is 0 Å². The molecule has 9 nitrogen and oxygen atoms in total. The molecular formula is C22H42N4O5S. The van der Waals surface area contributed by atoms with E-state index in [2.05, 4.69) is 16.0 Å². The molecule has 0 saturated carbocycles. The molecule has 0 heterocycles. The van der Waals surface area contributed by atoms with Crippen LogP contribution in [0.5, 0.6) is 0 Å². The average molecular weight is 475 g/mol. The monoisotopic (exact) mass is 474 g/mol. The first kappa shape index (κ1) is 30.2. The first-order valence-electron chi connectivity index (χ1n) is 11.2. The molecule has 0 rings (SSSR count). The molecule has 0 aromatic rings. The molecule has 32 heavy (non-hydrogen) atoms. The van der Waals surface area contributed by atoms with Crippen molar-refractivity contribution in [3.8, 4) is 0 Å². The number of carbonyl (C=O) groups excluding carboxylic acids is 3. The summed E-state index contributed by atoms with van der Waals surface area (Å²) in [4.78, 5) is 49.9. The molecule has 10 heteroatoms. The predicted molar refractivity (Wildman–Crippen MR) is 128 cm³/mol. The maximum absolute atomic E-state index is 13.0. The van der Waals surface area contributed by atoms with Gasteiger partial charge in [0.15, 0.2) is 0 Å². The molecule has 0 bridgehead atoms. The number of aliphatic carboxylic acids is 1. The molecule has 0 fully saturated rings. The number of rotatable bonds is 15. The first-order valence-corrected chi connectivity index (χ1v) is 12.6. The second-order valence-electron chi connectivity index (χ2n) is 9.01. The predicted octanol–water partition coefficient (Wildman–Crippen LogP) is 1.35. The minimum absolute atomic E-state index is 0.0913. The number of hydrogen-bond acceptors (Lipinski definition) is 6. The van der Waals surface area contributed by atoms with Crippen LogP contribution in [0.25, 0.3) is 0 Å². The fourth-order valence-electron chi connectivity index (χ4n) is 2.99. The molecular weight excluding hydrogens is 432 g/mol. The zero-order valence-electron chi connectivity index (χ0n) is 20.4. The lowest BCUT2D eigenvalue weighted by atomic mass is 9.98. The molecule has 0 spiro atoms. The molecule has 0 aliphatic carbocycles. The number of amides is 3. The topological polar surface area (TPSA) is 151 Å². The molecule has 0 aromatic carbocycles. The Morgan fingerprint density at radius 3 is 1.88 bits per heavy atom. The van der Waals surface area contributed by atoms with Crippen molar-refractivity contribution < 1.29 is 24.3 Å². The van der Waals surface area contributed by atoms with Gasteiger partial charge in [-0.25, -0.2) is 4.79 Å². The number of carboxylic acids is 1. The minimum atomic E-state index is -1.12. The number of thioether (sulfide) groups is 1. The van der Waals surface area contributed by atoms with Crippen LogP contribution in [-0.4, -0.2) is 65.0 Å². The van der Waals surface area contributed by atoms with Gasteiger partial charge in [-0.1, -0.05) is 48.0 Å². The highest BCUT2D eigenvalue weighted by Crippen LogP contribution is 2.11. The smallest absolute Gasteiger partial charge is 0.326 e. The molecule has 0 aliphatic heterocycles. The van der Waals surface area contributed by atoms with E-state index in [4.69, 9.17) is 5.73 Å². The molecule has 5 atom stereocenters. The lowest BCUT2D eigenvalue weighted by molar-refractivity contribution is -0.143. The molecule has 0 aromatic heterocycles. The second-order valence-corrected chi connectivity index (χ2v) is 10.00. The van der Waals surface area contributed by atoms with Crippen molar-refractivity contribution in [3.63, 3.8) is 0 Å². The fraction of sp³-hybridized carbons (Fsp3) is 0.818. The largest absolute Gasteiger partial charge is 0.480 e. The van der Waals surface area contributed by atoms with Crippen LogP contribution in [0.1, 0.15) is 60.8 Å². The first-order chi connectivity index (χ1) is 14.8. The van der Waals surface area contributed by atoms with Gasteiger partial charge in [0.1, 0.15) is 18.1 Å². The maximum Gasteiger partial charge on any atom is 0.326 e. The van der Waals surface area contributed by atoms with Gasteiger partial charge in [0, 0.05) is 0 Å². The van der Waals surface area contributed by atoms with E-state index >= 15 is 0 Å². The second kappa shape index (κ2) is 15.1. The summed E-state index contributed by atoms with van der Waals surface area (Å²) in [6.45, 7) is 11.1. The normalized spacial score (nSPS) is 16.1. The molecule has 3 amide bonds. The van der Waals surface area contributed by atoms with Gasteiger partial charge >= 0.3 is 5.97 Å². The van der Waals surface area contributed by atoms with E-state index in [1.165, 1.54) is 11.8 Å². The Morgan fingerprint density at radius 1 is 0.906 bits per heavy atom. The van der Waals surface area contributed by atoms with Crippen molar-refractivity contribution in [1.82, 2.24) is 16.0 Å². The summed E-state index contributed by atoms with van der Waals surface area (Å²) < 4.78 is 0. The van der Waals surface area contributed by atoms with Crippen LogP contribution in [0, 0.1) is 17.8 Å². The highest BCUT2D eigenvalue weighted by molar-refractivity contribution is 7.98. The summed E-state index contributed by atoms with van der Waals surface area (Å²) in [6.07, 6.45) is 3.17. The van der Waals surface area contributed by atoms with E-state index in [1.807, 2.05) is 40.9 Å². The van der Waals surface area contributed by atoms with Gasteiger partial charge in [-0.3, -0.25) is 14.4 Å². The SMILES string of the molecule is CCC(C)C(NC(=O)C(CCSC)NC(=O)C(CC(C)C)NC(=O)C(N)C(C)C)C(=O)O. The summed E-state index contributed by atoms with van der Waals surface area (Å²) in [5, 5.41) is 17.5. The van der Waals surface area contributed by atoms with Crippen molar-refractivity contribution in [1.29, 1.82) is 0 Å². The zero-order chi connectivity index (χ0) is 25.0. The van der Waals surface area contributed by atoms with Gasteiger partial charge in [0.2, 0.25) is 17.7 Å². The van der Waals surface area contributed by atoms with Crippen LogP contribution in [0.3, 0.4) is 0 Å². The standard InChI is InChI=1S/C22H42N4O5S/c1-8-14(6)18(22(30)31)26-19(27)15(9-10-32-7)24-20(28)16(11-12(2)3)25-21(29)17(23)13(4)5/h12-18H,8-11,23H2,1-7H3,(H,24,28)(H,25,29)(H,26,27)(H,30,31). The molecule has 0 saturated heterocycles. The lowest BCUT2D eigenvalue weighted by Gasteiger charge is -2.27. The van der Waals surface area contributed by atoms with Crippen molar-refractivity contribution >= 4 is 35.5 Å². The van der Waals surface area contributed by atoms with Gasteiger partial charge in [0.25, 0.3) is 0 Å². The summed E-state index contributed by atoms with van der Waals surface area (Å²) >= 11 is 1.51.